The topological polar surface area (TPSA) is 60.4 Å². The van der Waals surface area contributed by atoms with Gasteiger partial charge in [-0.25, -0.2) is 23.7 Å². The molecule has 0 N–H and O–H groups in total. The summed E-state index contributed by atoms with van der Waals surface area (Å²) >= 11 is 5.93. The first-order valence-electron chi connectivity index (χ1n) is 20.3. The minimum atomic E-state index is -1.55. The molecule has 9 aromatic rings. The van der Waals surface area contributed by atoms with Crippen molar-refractivity contribution in [2.45, 2.75) is 32.1 Å². The second-order valence-electron chi connectivity index (χ2n) is 15.4. The maximum atomic E-state index is 13.0. The number of hydrogen-bond acceptors (Lipinski definition) is 4. The normalized spacial score (nSPS) is 13.4. The highest BCUT2D eigenvalue weighted by atomic mass is 79.9. The van der Waals surface area contributed by atoms with Crippen molar-refractivity contribution in [2.24, 2.45) is 11.8 Å². The number of aromatic nitrogens is 6. The van der Waals surface area contributed by atoms with Crippen LogP contribution in [0.3, 0.4) is 0 Å². The second-order valence-corrected chi connectivity index (χ2v) is 19.3. The zero-order chi connectivity index (χ0) is 40.9. The smallest absolute Gasteiger partial charge is 0.175 e. The molecule has 0 unspecified atom stereocenters. The summed E-state index contributed by atoms with van der Waals surface area (Å²) in [4.78, 5) is 17.4. The summed E-state index contributed by atoms with van der Waals surface area (Å²) < 4.78 is 29.6. The molecule has 0 bridgehead atoms. The Bertz CT molecular complexity index is 2720. The lowest BCUT2D eigenvalue weighted by Gasteiger charge is -2.27. The summed E-state index contributed by atoms with van der Waals surface area (Å²) in [5, 5.41) is 4.90. The van der Waals surface area contributed by atoms with Crippen molar-refractivity contribution in [2.75, 3.05) is 6.16 Å². The Balaban J connectivity index is 0.000000127. The van der Waals surface area contributed by atoms with Crippen LogP contribution < -0.4 is 32.9 Å². The van der Waals surface area contributed by atoms with Crippen LogP contribution in [0.15, 0.2) is 177 Å². The molecule has 6 nitrogen and oxygen atoms in total. The second kappa shape index (κ2) is 19.0. The molecule has 2 aliphatic rings. The van der Waals surface area contributed by atoms with Gasteiger partial charge < -0.3 is 25.8 Å². The van der Waals surface area contributed by atoms with Gasteiger partial charge in [-0.15, -0.1) is 0 Å². The standard InChI is InChI=1S/C22H22P.C16H14FN3.C12H7ClFN3.BrH/c1-4-10-20(11-5-1)23(18-19-16-17-19,21-12-6-2-7-13-21)22-14-8-3-9-15-22;17-13-5-3-12(4-6-13)15-10-20-8-7-18-14(16(20)19-15)9-11-1-2-11;13-11-12-16-10(7-17(12)6-5-15-11)8-1-3-9(14)4-2-8;/h1-15,19H,16-18H2;3-8,10-11H,1-2,9H2;1-7H;1H/q+1;;;/p-1. The molecule has 5 aromatic carbocycles. The summed E-state index contributed by atoms with van der Waals surface area (Å²) in [6, 6.07) is 46.2. The molecule has 11 rings (SSSR count). The van der Waals surface area contributed by atoms with Gasteiger partial charge in [0.05, 0.1) is 23.2 Å². The number of rotatable bonds is 9. The lowest BCUT2D eigenvalue weighted by atomic mass is 10.2. The first-order chi connectivity index (χ1) is 29.4. The Morgan fingerprint density at radius 1 is 0.541 bits per heavy atom. The molecule has 0 spiro atoms. The largest absolute Gasteiger partial charge is 1.00 e. The monoisotopic (exact) mass is 910 g/mol. The van der Waals surface area contributed by atoms with Crippen LogP contribution in [-0.2, 0) is 6.42 Å². The van der Waals surface area contributed by atoms with Gasteiger partial charge in [-0.3, -0.25) is 4.98 Å². The maximum Gasteiger partial charge on any atom is 0.175 e. The first-order valence-corrected chi connectivity index (χ1v) is 22.7. The molecule has 2 saturated carbocycles. The van der Waals surface area contributed by atoms with Gasteiger partial charge in [0.15, 0.2) is 16.4 Å². The van der Waals surface area contributed by atoms with Crippen molar-refractivity contribution in [3.8, 4) is 22.5 Å². The van der Waals surface area contributed by atoms with Crippen LogP contribution in [0.2, 0.25) is 5.15 Å². The highest BCUT2D eigenvalue weighted by molar-refractivity contribution is 7.95. The van der Waals surface area contributed by atoms with Crippen LogP contribution in [0.25, 0.3) is 33.8 Å². The number of fused-ring (bicyclic) bond motifs is 2. The summed E-state index contributed by atoms with van der Waals surface area (Å²) in [6.07, 6.45) is 18.6. The van der Waals surface area contributed by atoms with Crippen molar-refractivity contribution >= 4 is 46.1 Å². The van der Waals surface area contributed by atoms with Crippen LogP contribution in [0, 0.1) is 23.5 Å². The van der Waals surface area contributed by atoms with E-state index in [-0.39, 0.29) is 28.6 Å². The zero-order valence-corrected chi connectivity index (χ0v) is 36.5. The quantitative estimate of drug-likeness (QED) is 0.138. The van der Waals surface area contributed by atoms with Gasteiger partial charge in [-0.2, -0.15) is 0 Å². The third kappa shape index (κ3) is 9.81. The average Bonchev–Trinajstić information content (AvgIpc) is 4.21. The van der Waals surface area contributed by atoms with Gasteiger partial charge in [-0.1, -0.05) is 66.2 Å². The fraction of sp³-hybridized carbons (Fsp3) is 0.160. The third-order valence-electron chi connectivity index (χ3n) is 11.1. The molecule has 4 heterocycles. The van der Waals surface area contributed by atoms with Crippen LogP contribution in [0.5, 0.6) is 0 Å². The van der Waals surface area contributed by atoms with Crippen LogP contribution in [-0.4, -0.2) is 34.9 Å². The highest BCUT2D eigenvalue weighted by Gasteiger charge is 2.49. The first kappa shape index (κ1) is 42.1. The summed E-state index contributed by atoms with van der Waals surface area (Å²) in [6.45, 7) is 0. The molecular formula is C50H43BrClF2N6P. The molecule has 0 radical (unpaired) electrons. The summed E-state index contributed by atoms with van der Waals surface area (Å²) in [5.74, 6) is 1.18. The molecule has 11 heteroatoms. The Kier molecular flexibility index (Phi) is 13.1. The van der Waals surface area contributed by atoms with Crippen molar-refractivity contribution in [3.63, 3.8) is 0 Å². The minimum absolute atomic E-state index is 0. The molecule has 2 fully saturated rings. The number of imidazole rings is 2. The van der Waals surface area contributed by atoms with Crippen LogP contribution in [0.1, 0.15) is 31.4 Å². The van der Waals surface area contributed by atoms with E-state index in [4.69, 9.17) is 11.6 Å². The number of halogens is 4. The van der Waals surface area contributed by atoms with E-state index in [0.29, 0.717) is 10.8 Å². The van der Waals surface area contributed by atoms with Crippen LogP contribution >= 0.6 is 18.9 Å². The predicted molar refractivity (Wildman–Crippen MR) is 241 cm³/mol. The Morgan fingerprint density at radius 3 is 1.41 bits per heavy atom. The lowest BCUT2D eigenvalue weighted by Crippen LogP contribution is -3.00. The van der Waals surface area contributed by atoms with Crippen molar-refractivity contribution in [1.29, 1.82) is 0 Å². The van der Waals surface area contributed by atoms with Gasteiger partial charge in [-0.05, 0) is 129 Å². The minimum Gasteiger partial charge on any atom is -1.00 e. The van der Waals surface area contributed by atoms with E-state index >= 15 is 0 Å². The van der Waals surface area contributed by atoms with E-state index in [9.17, 15) is 8.78 Å². The predicted octanol–water partition coefficient (Wildman–Crippen LogP) is 8.07. The Morgan fingerprint density at radius 2 is 0.967 bits per heavy atom. The van der Waals surface area contributed by atoms with Crippen molar-refractivity contribution in [3.05, 3.63) is 199 Å². The van der Waals surface area contributed by atoms with Gasteiger partial charge in [0.25, 0.3) is 0 Å². The molecule has 2 aliphatic carbocycles. The van der Waals surface area contributed by atoms with Gasteiger partial charge >= 0.3 is 0 Å². The number of hydrogen-bond donors (Lipinski definition) is 0. The number of benzene rings is 5. The van der Waals surface area contributed by atoms with E-state index < -0.39 is 7.26 Å². The van der Waals surface area contributed by atoms with Crippen molar-refractivity contribution in [1.82, 2.24) is 28.7 Å². The maximum absolute atomic E-state index is 13.0. The zero-order valence-electron chi connectivity index (χ0n) is 33.3. The van der Waals surface area contributed by atoms with E-state index in [0.717, 1.165) is 52.1 Å². The van der Waals surface area contributed by atoms with Gasteiger partial charge in [0.1, 0.15) is 34.8 Å². The molecular weight excluding hydrogens is 869 g/mol. The summed E-state index contributed by atoms with van der Waals surface area (Å²) in [5.41, 5.74) is 5.92. The van der Waals surface area contributed by atoms with E-state index in [1.54, 1.807) is 41.1 Å². The molecule has 306 valence electrons. The molecule has 0 atom stereocenters. The summed E-state index contributed by atoms with van der Waals surface area (Å²) in [7, 11) is -1.55. The molecule has 61 heavy (non-hydrogen) atoms. The van der Waals surface area contributed by atoms with E-state index in [1.807, 2.05) is 29.2 Å². The Labute approximate surface area is 370 Å². The molecule has 0 amide bonds. The fourth-order valence-corrected chi connectivity index (χ4v) is 12.5. The lowest BCUT2D eigenvalue weighted by molar-refractivity contribution is -0.0000132. The molecule has 0 aliphatic heterocycles. The van der Waals surface area contributed by atoms with Crippen molar-refractivity contribution < 1.29 is 25.8 Å². The SMILES string of the molecule is Fc1ccc(-c2cn3ccnc(CC4CC4)c3n2)cc1.Fc1ccc(-c2cn3ccnc(Cl)c3n2)cc1.[Br-].c1ccc([P+](CC2CC2)(c2ccccc2)c2ccccc2)cc1. The van der Waals surface area contributed by atoms with E-state index in [2.05, 4.69) is 111 Å². The van der Waals surface area contributed by atoms with Crippen LogP contribution in [0.4, 0.5) is 8.78 Å². The Hall–Kier alpha value is -5.60. The molecule has 4 aromatic heterocycles. The highest BCUT2D eigenvalue weighted by Crippen LogP contribution is 2.59. The third-order valence-corrected chi connectivity index (χ3v) is 15.9. The number of nitrogens with zero attached hydrogens (tertiary/aromatic N) is 6. The molecule has 0 saturated heterocycles. The van der Waals surface area contributed by atoms with Gasteiger partial charge in [0.2, 0.25) is 0 Å². The van der Waals surface area contributed by atoms with E-state index in [1.165, 1.54) is 72.0 Å². The van der Waals surface area contributed by atoms with Gasteiger partial charge in [0, 0.05) is 48.3 Å². The average molecular weight is 912 g/mol. The fourth-order valence-electron chi connectivity index (χ4n) is 7.62.